The van der Waals surface area contributed by atoms with Gasteiger partial charge in [-0.05, 0) is 54.2 Å². The lowest BCUT2D eigenvalue weighted by Gasteiger charge is -2.26. The van der Waals surface area contributed by atoms with Gasteiger partial charge in [-0.15, -0.1) is 0 Å². The summed E-state index contributed by atoms with van der Waals surface area (Å²) in [6, 6.07) is 10.4. The van der Waals surface area contributed by atoms with Crippen LogP contribution in [-0.4, -0.2) is 17.2 Å². The lowest BCUT2D eigenvalue weighted by Crippen LogP contribution is -2.34. The number of benzene rings is 2. The minimum Gasteiger partial charge on any atom is -0.388 e. The third-order valence-electron chi connectivity index (χ3n) is 5.19. The fraction of sp³-hybridized carbons (Fsp3) is 0.381. The predicted molar refractivity (Wildman–Crippen MR) is 107 cm³/mol. The van der Waals surface area contributed by atoms with E-state index in [0.29, 0.717) is 10.6 Å². The monoisotopic (exact) mass is 445 g/mol. The highest BCUT2D eigenvalue weighted by Crippen LogP contribution is 2.42. The molecule has 0 heterocycles. The summed E-state index contributed by atoms with van der Waals surface area (Å²) in [4.78, 5) is 12.9. The second-order valence-electron chi connectivity index (χ2n) is 7.37. The Morgan fingerprint density at radius 3 is 2.24 bits per heavy atom. The Labute approximate surface area is 176 Å². The molecule has 8 heteroatoms. The van der Waals surface area contributed by atoms with Gasteiger partial charge in [0.15, 0.2) is 0 Å². The molecule has 3 nitrogen and oxygen atoms in total. The molecule has 0 aliphatic heterocycles. The maximum absolute atomic E-state index is 13.4. The molecule has 1 aliphatic carbocycles. The number of halogens is 5. The molecular weight excluding hydrogens is 426 g/mol. The summed E-state index contributed by atoms with van der Waals surface area (Å²) in [6.45, 7) is 0.966. The van der Waals surface area contributed by atoms with Crippen LogP contribution >= 0.6 is 23.2 Å². The maximum Gasteiger partial charge on any atom is 0.392 e. The van der Waals surface area contributed by atoms with Crippen molar-refractivity contribution >= 4 is 34.8 Å². The zero-order valence-electron chi connectivity index (χ0n) is 15.5. The quantitative estimate of drug-likeness (QED) is 0.543. The van der Waals surface area contributed by atoms with Crippen LogP contribution in [0.1, 0.15) is 42.9 Å². The molecule has 1 aliphatic rings. The molecule has 0 radical (unpaired) electrons. The van der Waals surface area contributed by atoms with E-state index in [4.69, 9.17) is 23.2 Å². The van der Waals surface area contributed by atoms with Gasteiger partial charge in [-0.25, -0.2) is 0 Å². The molecule has 1 amide bonds. The molecule has 0 saturated heterocycles. The summed E-state index contributed by atoms with van der Waals surface area (Å²) in [6.07, 6.45) is -3.44. The molecule has 2 aromatic carbocycles. The van der Waals surface area contributed by atoms with Gasteiger partial charge in [-0.3, -0.25) is 4.79 Å². The van der Waals surface area contributed by atoms with E-state index in [9.17, 15) is 23.1 Å². The first-order chi connectivity index (χ1) is 13.6. The number of amides is 1. The first-order valence-corrected chi connectivity index (χ1v) is 9.94. The fourth-order valence-corrected chi connectivity index (χ4v) is 3.53. The van der Waals surface area contributed by atoms with Gasteiger partial charge in [0.1, 0.15) is 0 Å². The first kappa shape index (κ1) is 21.9. The van der Waals surface area contributed by atoms with Crippen LogP contribution < -0.4 is 5.32 Å². The summed E-state index contributed by atoms with van der Waals surface area (Å²) in [5.74, 6) is -4.09. The molecule has 1 saturated carbocycles. The molecule has 1 unspecified atom stereocenters. The summed E-state index contributed by atoms with van der Waals surface area (Å²) in [5, 5.41) is 13.4. The van der Waals surface area contributed by atoms with Gasteiger partial charge < -0.3 is 10.4 Å². The minimum atomic E-state index is -4.57. The number of aliphatic hydroxyl groups excluding tert-OH is 1. The summed E-state index contributed by atoms with van der Waals surface area (Å²) >= 11 is 12.0. The van der Waals surface area contributed by atoms with Gasteiger partial charge in [0.2, 0.25) is 5.91 Å². The van der Waals surface area contributed by atoms with E-state index in [1.165, 1.54) is 36.4 Å². The molecule has 156 valence electrons. The van der Waals surface area contributed by atoms with E-state index >= 15 is 0 Å². The Balaban J connectivity index is 1.90. The van der Waals surface area contributed by atoms with Crippen molar-refractivity contribution < 1.29 is 23.1 Å². The van der Waals surface area contributed by atoms with Crippen LogP contribution in [0.4, 0.5) is 18.9 Å². The topological polar surface area (TPSA) is 49.3 Å². The highest BCUT2D eigenvalue weighted by atomic mass is 35.5. The fourth-order valence-electron chi connectivity index (χ4n) is 3.24. The Kier molecular flexibility index (Phi) is 6.46. The predicted octanol–water partition coefficient (Wildman–Crippen LogP) is 6.36. The van der Waals surface area contributed by atoms with Crippen LogP contribution in [0.5, 0.6) is 0 Å². The number of anilines is 1. The van der Waals surface area contributed by atoms with Crippen molar-refractivity contribution in [3.8, 4) is 0 Å². The van der Waals surface area contributed by atoms with Gasteiger partial charge in [0, 0.05) is 5.02 Å². The Morgan fingerprint density at radius 1 is 1.10 bits per heavy atom. The lowest BCUT2D eigenvalue weighted by atomic mass is 9.86. The van der Waals surface area contributed by atoms with Crippen LogP contribution in [0.3, 0.4) is 0 Å². The van der Waals surface area contributed by atoms with Crippen LogP contribution in [0.25, 0.3) is 0 Å². The highest BCUT2D eigenvalue weighted by molar-refractivity contribution is 6.33. The Hall–Kier alpha value is -1.76. The van der Waals surface area contributed by atoms with E-state index in [1.807, 2.05) is 0 Å². The average Bonchev–Trinajstić information content (AvgIpc) is 3.49. The lowest BCUT2D eigenvalue weighted by molar-refractivity contribution is -0.178. The van der Waals surface area contributed by atoms with Crippen molar-refractivity contribution in [3.05, 3.63) is 63.6 Å². The molecule has 0 spiro atoms. The van der Waals surface area contributed by atoms with Crippen LogP contribution in [0, 0.1) is 11.8 Å². The van der Waals surface area contributed by atoms with E-state index in [0.717, 1.165) is 19.8 Å². The highest BCUT2D eigenvalue weighted by Gasteiger charge is 2.45. The van der Waals surface area contributed by atoms with E-state index in [2.05, 4.69) is 5.32 Å². The van der Waals surface area contributed by atoms with E-state index in [1.54, 1.807) is 6.07 Å². The SMILES string of the molecule is C[C@H]([C@H](C(=O)Nc1cc(C(O)C2CC2)ccc1Cl)c1ccc(Cl)cc1)C(F)(F)F. The van der Waals surface area contributed by atoms with Gasteiger partial charge in [0.25, 0.3) is 0 Å². The third-order valence-corrected chi connectivity index (χ3v) is 5.77. The zero-order valence-corrected chi connectivity index (χ0v) is 17.0. The largest absolute Gasteiger partial charge is 0.392 e. The summed E-state index contributed by atoms with van der Waals surface area (Å²) in [5.41, 5.74) is 0.934. The van der Waals surface area contributed by atoms with Crippen molar-refractivity contribution in [1.82, 2.24) is 0 Å². The molecular formula is C21H20Cl2F3NO2. The van der Waals surface area contributed by atoms with Crippen LogP contribution in [-0.2, 0) is 4.79 Å². The second-order valence-corrected chi connectivity index (χ2v) is 8.21. The van der Waals surface area contributed by atoms with Gasteiger partial charge in [-0.2, -0.15) is 13.2 Å². The maximum atomic E-state index is 13.4. The minimum absolute atomic E-state index is 0.159. The zero-order chi connectivity index (χ0) is 21.3. The number of alkyl halides is 3. The normalized spacial score (nSPS) is 17.5. The number of rotatable bonds is 6. The molecule has 0 aromatic heterocycles. The molecule has 1 fully saturated rings. The number of hydrogen-bond acceptors (Lipinski definition) is 2. The number of aliphatic hydroxyl groups is 1. The van der Waals surface area contributed by atoms with Gasteiger partial charge in [-0.1, -0.05) is 48.3 Å². The number of nitrogens with one attached hydrogen (secondary N) is 1. The summed E-state index contributed by atoms with van der Waals surface area (Å²) < 4.78 is 40.3. The van der Waals surface area contributed by atoms with Crippen molar-refractivity contribution in [3.63, 3.8) is 0 Å². The molecule has 3 rings (SSSR count). The molecule has 0 bridgehead atoms. The van der Waals surface area contributed by atoms with E-state index < -0.39 is 30.0 Å². The van der Waals surface area contributed by atoms with Gasteiger partial charge in [0.05, 0.1) is 28.6 Å². The number of hydrogen-bond donors (Lipinski definition) is 2. The van der Waals surface area contributed by atoms with Crippen LogP contribution in [0.2, 0.25) is 10.0 Å². The molecule has 29 heavy (non-hydrogen) atoms. The van der Waals surface area contributed by atoms with Crippen LogP contribution in [0.15, 0.2) is 42.5 Å². The smallest absolute Gasteiger partial charge is 0.388 e. The number of carbonyl (C=O) groups is 1. The molecule has 2 N–H and O–H groups in total. The Morgan fingerprint density at radius 2 is 1.69 bits per heavy atom. The van der Waals surface area contributed by atoms with Gasteiger partial charge >= 0.3 is 6.18 Å². The van der Waals surface area contributed by atoms with Crippen molar-refractivity contribution in [2.75, 3.05) is 5.32 Å². The molecule has 3 atom stereocenters. The van der Waals surface area contributed by atoms with Crippen molar-refractivity contribution in [2.45, 2.75) is 38.0 Å². The second kappa shape index (κ2) is 8.54. The third kappa shape index (κ3) is 5.24. The van der Waals surface area contributed by atoms with Crippen molar-refractivity contribution in [1.29, 1.82) is 0 Å². The number of carbonyl (C=O) groups excluding carboxylic acids is 1. The first-order valence-electron chi connectivity index (χ1n) is 9.18. The van der Waals surface area contributed by atoms with Crippen molar-refractivity contribution in [2.24, 2.45) is 11.8 Å². The summed E-state index contributed by atoms with van der Waals surface area (Å²) in [7, 11) is 0. The average molecular weight is 446 g/mol. The Bertz CT molecular complexity index is 882. The standard InChI is InChI=1S/C21H20Cl2F3NO2/c1-11(21(24,25)26)18(12-4-7-15(22)8-5-12)20(29)27-17-10-14(6-9-16(17)23)19(28)13-2-3-13/h4-11,13,18-19,28H,2-3H2,1H3,(H,27,29)/t11-,18+,19?/m1/s1. The molecule has 2 aromatic rings. The van der Waals surface area contributed by atoms with E-state index in [-0.39, 0.29) is 22.2 Å².